The Labute approximate surface area is 755 Å². The van der Waals surface area contributed by atoms with Crippen molar-refractivity contribution in [3.05, 3.63) is 126 Å². The van der Waals surface area contributed by atoms with Gasteiger partial charge in [0, 0.05) is 221 Å². The predicted octanol–water partition coefficient (Wildman–Crippen LogP) is 1.26. The van der Waals surface area contributed by atoms with Gasteiger partial charge in [0.2, 0.25) is 0 Å². The molecule has 0 bridgehead atoms. The van der Waals surface area contributed by atoms with Gasteiger partial charge in [-0.2, -0.15) is 26.7 Å². The molecule has 12 heterocycles. The average Bonchev–Trinajstić information content (AvgIpc) is 1.18. The number of rotatable bonds is 10. The van der Waals surface area contributed by atoms with E-state index in [9.17, 15) is 0 Å². The number of hydrogen-bond donors (Lipinski definition) is 9. The number of nitrogens with one attached hydrogen (secondary N) is 5. The summed E-state index contributed by atoms with van der Waals surface area (Å²) >= 11 is 0. The largest absolute Gasteiger partial charge is 0.486 e. The molecule has 37 nitrogen and oxygen atoms in total. The fraction of sp³-hybridized carbons (Fsp3) is 0.661. The van der Waals surface area contributed by atoms with Crippen molar-refractivity contribution in [2.75, 3.05) is 52.4 Å². The first-order valence-electron chi connectivity index (χ1n) is 32.5. The molecule has 5 saturated heterocycles. The zero-order valence-electron chi connectivity index (χ0n) is 60.0. The first-order chi connectivity index (χ1) is 47.5. The monoisotopic (exact) mass is 1860 g/mol. The summed E-state index contributed by atoms with van der Waals surface area (Å²) in [5, 5.41) is 121. The molecule has 4 unspecified atom stereocenters. The van der Waals surface area contributed by atoms with E-state index in [0.29, 0.717) is 49.4 Å². The Morgan fingerprint density at radius 3 is 0.735 bits per heavy atom. The van der Waals surface area contributed by atoms with Crippen molar-refractivity contribution >= 4 is 0 Å². The van der Waals surface area contributed by atoms with Crippen molar-refractivity contribution in [3.63, 3.8) is 0 Å². The topological polar surface area (TPSA) is 525 Å². The van der Waals surface area contributed by atoms with Gasteiger partial charge in [0.1, 0.15) is 0 Å². The molecule has 1 aliphatic carbocycles. The molecule has 5 aliphatic heterocycles. The van der Waals surface area contributed by atoms with Crippen LogP contribution in [0.25, 0.3) is 0 Å². The van der Waals surface area contributed by atoms with Crippen LogP contribution < -0.4 is 49.5 Å². The first-order valence-corrected chi connectivity index (χ1v) is 32.5. The fourth-order valence-electron chi connectivity index (χ4n) is 9.13. The molecule has 13 N–H and O–H groups in total. The molecule has 43 heteroatoms. The number of piperidine rings is 3. The summed E-state index contributed by atoms with van der Waals surface area (Å²) in [6.45, 7) is 28.3. The van der Waals surface area contributed by atoms with Crippen LogP contribution >= 0.6 is 0 Å². The van der Waals surface area contributed by atoms with Gasteiger partial charge in [-0.05, 0) is 129 Å². The normalized spacial score (nSPS) is 17.1. The summed E-state index contributed by atoms with van der Waals surface area (Å²) in [7, 11) is 5.50. The minimum Gasteiger partial charge on any atom is -0.486 e. The summed E-state index contributed by atoms with van der Waals surface area (Å²) in [6, 6.07) is 0.996. The Kier molecular flexibility index (Phi) is 90.2. The maximum atomic E-state index is 5.30. The molecule has 0 amide bonds. The Morgan fingerprint density at radius 1 is 0.304 bits per heavy atom. The third-order valence-electron chi connectivity index (χ3n) is 13.3. The summed E-state index contributed by atoms with van der Waals surface area (Å²) in [5.74, 6) is 6.79. The van der Waals surface area contributed by atoms with Crippen molar-refractivity contribution in [2.45, 2.75) is 199 Å². The molecule has 0 aromatic carbocycles. The standard InChI is InChI=1S/C13H21N5.C12H20N6.C10H16N6.C6H12N6.2C3H7.3C2N4.2C2H5.2CH4N.6Y/c1-2-4-10(5-3-1)12-15-17-13(18-16-12)11-6-8-14-9-7-11;1-3-7-13-9(5-1)11-15-17-12(18-16-11)10-6-2-4-8-14-10;1-3-7(11-5-1)9-13-15-10(16-14-9)8-4-2-6-12-8;7-3-1-5-9-11-6(2-4-8)12-10-5;2*1-3-2;3*1-3-5-2-6-4-1;4*1-2;;;;;;/h10-11,14H,1-9H2;9-10,13-14H,1-8H2;7-8,11-12H,1-6H2;1-4,7-8H2;2*1,3H2,2H3;;;;2*1H2,2H3;2*1-2H2;;;;;;/q;;;;2*-1;3*-2;4*-1;;;;;;. The van der Waals surface area contributed by atoms with Crippen molar-refractivity contribution in [1.82, 2.24) is 169 Å². The molecule has 552 valence electrons. The SMILES string of the molecule is C1CCC(c2nnc(C3CCCCN3)nn2)NC1.C1CCC(c2nnc(C3CCNCC3)nn2)CC1.C1CNC(c2nnc(C3CCCN3)nn2)C1.NCCc1nnc(CCN)nn1.[CH2-]C.[CH2-]C.[CH2-]CC.[CH2-]CC.[CH2-]N.[CH2-]N.[Y].[Y].[Y].[Y].[Y].[Y].[c-]1nn[c-]nn1.[c-]1nn[c-]nn1.[c-]1nn[c-]nn1. The van der Waals surface area contributed by atoms with E-state index in [-0.39, 0.29) is 220 Å². The Morgan fingerprint density at radius 2 is 0.520 bits per heavy atom. The number of nitrogens with zero attached hydrogens (tertiary/aromatic N) is 28. The second kappa shape index (κ2) is 82.3. The summed E-state index contributed by atoms with van der Waals surface area (Å²) in [6.07, 6.45) is 36.3. The van der Waals surface area contributed by atoms with E-state index >= 15 is 0 Å². The van der Waals surface area contributed by atoms with Crippen LogP contribution in [0.4, 0.5) is 0 Å². The Balaban J connectivity index is -0.000000261. The molecule has 1 saturated carbocycles. The molecule has 6 fully saturated rings. The van der Waals surface area contributed by atoms with E-state index in [0.717, 1.165) is 126 Å². The van der Waals surface area contributed by atoms with Gasteiger partial charge in [-0.15, -0.1) is 81.6 Å². The van der Waals surface area contributed by atoms with Crippen molar-refractivity contribution in [1.29, 1.82) is 0 Å². The van der Waals surface area contributed by atoms with Crippen LogP contribution in [-0.4, -0.2) is 195 Å². The van der Waals surface area contributed by atoms with Gasteiger partial charge in [-0.1, -0.05) is 46.0 Å². The van der Waals surface area contributed by atoms with Crippen LogP contribution in [0.15, 0.2) is 0 Å². The summed E-state index contributed by atoms with van der Waals surface area (Å²) in [4.78, 5) is 0. The van der Waals surface area contributed by atoms with Gasteiger partial charge in [0.15, 0.2) is 46.6 Å². The average molecular weight is 1860 g/mol. The van der Waals surface area contributed by atoms with Crippen LogP contribution in [0.1, 0.15) is 232 Å². The third-order valence-corrected chi connectivity index (χ3v) is 13.3. The van der Waals surface area contributed by atoms with Crippen molar-refractivity contribution in [2.24, 2.45) is 22.9 Å². The minimum atomic E-state index is 0. The number of hydrogen-bond acceptors (Lipinski definition) is 37. The van der Waals surface area contributed by atoms with Gasteiger partial charge in [0.05, 0.1) is 24.2 Å². The van der Waals surface area contributed by atoms with Gasteiger partial charge in [-0.25, -0.2) is 38.0 Å². The first kappa shape index (κ1) is 112. The second-order valence-corrected chi connectivity index (χ2v) is 20.1. The fourth-order valence-corrected chi connectivity index (χ4v) is 9.13. The minimum absolute atomic E-state index is 0. The number of aromatic nitrogens is 28. The van der Waals surface area contributed by atoms with E-state index in [1.807, 2.05) is 13.8 Å². The molecule has 7 aromatic rings. The molecule has 7 aromatic heterocycles. The summed E-state index contributed by atoms with van der Waals surface area (Å²) in [5.41, 5.74) is 19.1. The second-order valence-electron chi connectivity index (χ2n) is 20.1. The van der Waals surface area contributed by atoms with Gasteiger partial charge >= 0.3 is 0 Å². The molecular formula is C59H101N37Y6-12. The van der Waals surface area contributed by atoms with E-state index in [2.05, 4.69) is 261 Å². The van der Waals surface area contributed by atoms with Crippen LogP contribution in [0, 0.1) is 79.8 Å². The van der Waals surface area contributed by atoms with Gasteiger partial charge in [0.25, 0.3) is 0 Å². The van der Waals surface area contributed by atoms with Crippen LogP contribution in [-0.2, 0) is 209 Å². The van der Waals surface area contributed by atoms with E-state index in [4.69, 9.17) is 11.5 Å². The van der Waals surface area contributed by atoms with Crippen LogP contribution in [0.3, 0.4) is 0 Å². The van der Waals surface area contributed by atoms with E-state index in [1.165, 1.54) is 70.6 Å². The van der Waals surface area contributed by atoms with Gasteiger partial charge < -0.3 is 138 Å². The molecule has 0 spiro atoms. The Hall–Kier alpha value is -1.16. The van der Waals surface area contributed by atoms with E-state index < -0.39 is 0 Å². The van der Waals surface area contributed by atoms with Gasteiger partial charge in [-0.3, -0.25) is 14.1 Å². The van der Waals surface area contributed by atoms with Crippen molar-refractivity contribution < 1.29 is 196 Å². The molecule has 4 atom stereocenters. The smallest absolute Gasteiger partial charge is 0.190 e. The van der Waals surface area contributed by atoms with E-state index in [1.54, 1.807) is 13.8 Å². The number of nitrogens with two attached hydrogens (primary N) is 4. The predicted molar refractivity (Wildman–Crippen MR) is 354 cm³/mol. The molecule has 6 aliphatic rings. The zero-order valence-corrected chi connectivity index (χ0v) is 77.0. The molecule has 6 radical (unpaired) electrons. The van der Waals surface area contributed by atoms with Crippen LogP contribution in [0.2, 0.25) is 0 Å². The third kappa shape index (κ3) is 53.6. The molecule has 102 heavy (non-hydrogen) atoms. The van der Waals surface area contributed by atoms with Crippen LogP contribution in [0.5, 0.6) is 0 Å². The molecular weight excluding hydrogens is 1760 g/mol. The maximum Gasteiger partial charge on any atom is 0.190 e. The van der Waals surface area contributed by atoms with Crippen molar-refractivity contribution in [3.8, 4) is 0 Å². The quantitative estimate of drug-likeness (QED) is 0.0870. The summed E-state index contributed by atoms with van der Waals surface area (Å²) < 4.78 is 0. The Bertz CT molecular complexity index is 2320. The molecule has 13 rings (SSSR count). The maximum absolute atomic E-state index is 5.30. The zero-order chi connectivity index (χ0) is 70.2.